The first-order valence-electron chi connectivity index (χ1n) is 7.77. The van der Waals surface area contributed by atoms with E-state index in [2.05, 4.69) is 15.1 Å². The van der Waals surface area contributed by atoms with Crippen LogP contribution in [0.4, 0.5) is 5.82 Å². The predicted octanol–water partition coefficient (Wildman–Crippen LogP) is 1.46. The topological polar surface area (TPSA) is 67.8 Å². The number of methoxy groups -OCH3 is 2. The molecule has 7 nitrogen and oxygen atoms in total. The SMILES string of the molecule is COc1ccc(C(=O)N2CCN(c3cccnn3)CC2)cc1OC. The monoisotopic (exact) mass is 328 g/mol. The molecule has 7 heteroatoms. The van der Waals surface area contributed by atoms with Crippen LogP contribution in [0.15, 0.2) is 36.5 Å². The Labute approximate surface area is 140 Å². The van der Waals surface area contributed by atoms with Crippen LogP contribution in [0.25, 0.3) is 0 Å². The first-order valence-corrected chi connectivity index (χ1v) is 7.77. The van der Waals surface area contributed by atoms with Crippen LogP contribution in [-0.4, -0.2) is 61.4 Å². The van der Waals surface area contributed by atoms with Crippen LogP contribution in [0.3, 0.4) is 0 Å². The minimum atomic E-state index is -0.00486. The normalized spacial score (nSPS) is 14.4. The quantitative estimate of drug-likeness (QED) is 0.846. The molecule has 2 aromatic rings. The van der Waals surface area contributed by atoms with Gasteiger partial charge in [-0.2, -0.15) is 5.10 Å². The summed E-state index contributed by atoms with van der Waals surface area (Å²) in [6.45, 7) is 2.75. The smallest absolute Gasteiger partial charge is 0.254 e. The number of anilines is 1. The number of carbonyl (C=O) groups is 1. The lowest BCUT2D eigenvalue weighted by molar-refractivity contribution is 0.0746. The molecule has 0 saturated carbocycles. The van der Waals surface area contributed by atoms with Crippen molar-refractivity contribution >= 4 is 11.7 Å². The van der Waals surface area contributed by atoms with Crippen LogP contribution in [0.5, 0.6) is 11.5 Å². The summed E-state index contributed by atoms with van der Waals surface area (Å²) in [6, 6.07) is 9.03. The Kier molecular flexibility index (Phi) is 4.79. The van der Waals surface area contributed by atoms with Gasteiger partial charge in [-0.3, -0.25) is 4.79 Å². The third-order valence-electron chi connectivity index (χ3n) is 4.08. The highest BCUT2D eigenvalue weighted by Crippen LogP contribution is 2.28. The van der Waals surface area contributed by atoms with E-state index in [0.29, 0.717) is 30.2 Å². The van der Waals surface area contributed by atoms with Crippen LogP contribution < -0.4 is 14.4 Å². The third kappa shape index (κ3) is 3.24. The van der Waals surface area contributed by atoms with Crippen molar-refractivity contribution < 1.29 is 14.3 Å². The van der Waals surface area contributed by atoms with E-state index in [1.54, 1.807) is 38.6 Å². The molecule has 126 valence electrons. The van der Waals surface area contributed by atoms with Crippen molar-refractivity contribution in [1.82, 2.24) is 15.1 Å². The maximum absolute atomic E-state index is 12.7. The lowest BCUT2D eigenvalue weighted by Gasteiger charge is -2.35. The second-order valence-corrected chi connectivity index (χ2v) is 5.43. The van der Waals surface area contributed by atoms with Gasteiger partial charge in [-0.1, -0.05) is 0 Å². The van der Waals surface area contributed by atoms with E-state index < -0.39 is 0 Å². The van der Waals surface area contributed by atoms with Gasteiger partial charge in [-0.25, -0.2) is 0 Å². The number of nitrogens with zero attached hydrogens (tertiary/aromatic N) is 4. The van der Waals surface area contributed by atoms with Crippen LogP contribution in [0, 0.1) is 0 Å². The Hall–Kier alpha value is -2.83. The molecule has 0 N–H and O–H groups in total. The van der Waals surface area contributed by atoms with Gasteiger partial charge in [0.1, 0.15) is 0 Å². The van der Waals surface area contributed by atoms with Crippen LogP contribution in [-0.2, 0) is 0 Å². The summed E-state index contributed by atoms with van der Waals surface area (Å²) in [5.74, 6) is 2.01. The van der Waals surface area contributed by atoms with Gasteiger partial charge in [0.25, 0.3) is 5.91 Å². The van der Waals surface area contributed by atoms with Gasteiger partial charge >= 0.3 is 0 Å². The van der Waals surface area contributed by atoms with Gasteiger partial charge in [0.2, 0.25) is 0 Å². The zero-order valence-corrected chi connectivity index (χ0v) is 13.8. The molecule has 1 aromatic carbocycles. The predicted molar refractivity (Wildman–Crippen MR) is 89.7 cm³/mol. The second-order valence-electron chi connectivity index (χ2n) is 5.43. The van der Waals surface area contributed by atoms with E-state index >= 15 is 0 Å². The van der Waals surface area contributed by atoms with Crippen molar-refractivity contribution in [3.8, 4) is 11.5 Å². The molecule has 0 unspecified atom stereocenters. The van der Waals surface area contributed by atoms with Gasteiger partial charge in [0, 0.05) is 37.9 Å². The summed E-state index contributed by atoms with van der Waals surface area (Å²) in [5.41, 5.74) is 0.598. The Balaban J connectivity index is 1.67. The molecular formula is C17H20N4O3. The molecule has 1 amide bonds. The van der Waals surface area contributed by atoms with E-state index in [-0.39, 0.29) is 5.91 Å². The van der Waals surface area contributed by atoms with Crippen LogP contribution >= 0.6 is 0 Å². The number of aromatic nitrogens is 2. The molecule has 0 bridgehead atoms. The van der Waals surface area contributed by atoms with E-state index in [0.717, 1.165) is 18.9 Å². The molecule has 1 fully saturated rings. The Morgan fingerprint density at radius 1 is 1.04 bits per heavy atom. The lowest BCUT2D eigenvalue weighted by Crippen LogP contribution is -2.49. The Bertz CT molecular complexity index is 700. The van der Waals surface area contributed by atoms with Gasteiger partial charge in [0.05, 0.1) is 14.2 Å². The van der Waals surface area contributed by atoms with E-state index in [4.69, 9.17) is 9.47 Å². The zero-order valence-electron chi connectivity index (χ0n) is 13.8. The molecule has 0 spiro atoms. The highest BCUT2D eigenvalue weighted by Gasteiger charge is 2.23. The fourth-order valence-electron chi connectivity index (χ4n) is 2.75. The number of amides is 1. The number of benzene rings is 1. The fourth-order valence-corrected chi connectivity index (χ4v) is 2.75. The lowest BCUT2D eigenvalue weighted by atomic mass is 10.1. The molecule has 3 rings (SSSR count). The first kappa shape index (κ1) is 16.0. The van der Waals surface area contributed by atoms with Crippen molar-refractivity contribution in [2.45, 2.75) is 0 Å². The minimum absolute atomic E-state index is 0.00486. The summed E-state index contributed by atoms with van der Waals surface area (Å²) in [6.07, 6.45) is 1.65. The molecule has 1 aliphatic heterocycles. The van der Waals surface area contributed by atoms with Crippen molar-refractivity contribution in [2.24, 2.45) is 0 Å². The zero-order chi connectivity index (χ0) is 16.9. The molecule has 2 heterocycles. The Morgan fingerprint density at radius 3 is 2.42 bits per heavy atom. The fraction of sp³-hybridized carbons (Fsp3) is 0.353. The average molecular weight is 328 g/mol. The molecule has 0 atom stereocenters. The summed E-state index contributed by atoms with van der Waals surface area (Å²) < 4.78 is 10.5. The number of hydrogen-bond donors (Lipinski definition) is 0. The second kappa shape index (κ2) is 7.16. The van der Waals surface area contributed by atoms with Crippen molar-refractivity contribution in [3.63, 3.8) is 0 Å². The Morgan fingerprint density at radius 2 is 1.79 bits per heavy atom. The highest BCUT2D eigenvalue weighted by molar-refractivity contribution is 5.95. The van der Waals surface area contributed by atoms with Gasteiger partial charge < -0.3 is 19.3 Å². The maximum Gasteiger partial charge on any atom is 0.254 e. The van der Waals surface area contributed by atoms with E-state index in [9.17, 15) is 4.79 Å². The standard InChI is InChI=1S/C17H20N4O3/c1-23-14-6-5-13(12-15(14)24-2)17(22)21-10-8-20(9-11-21)16-4-3-7-18-19-16/h3-7,12H,8-11H2,1-2H3. The molecular weight excluding hydrogens is 308 g/mol. The van der Waals surface area contributed by atoms with Crippen LogP contribution in [0.1, 0.15) is 10.4 Å². The van der Waals surface area contributed by atoms with Gasteiger partial charge in [-0.15, -0.1) is 5.10 Å². The van der Waals surface area contributed by atoms with Crippen molar-refractivity contribution in [3.05, 3.63) is 42.1 Å². The van der Waals surface area contributed by atoms with Crippen LogP contribution in [0.2, 0.25) is 0 Å². The third-order valence-corrected chi connectivity index (χ3v) is 4.08. The molecule has 1 aliphatic rings. The number of piperazine rings is 1. The molecule has 1 saturated heterocycles. The number of carbonyl (C=O) groups excluding carboxylic acids is 1. The largest absolute Gasteiger partial charge is 0.493 e. The van der Waals surface area contributed by atoms with E-state index in [1.807, 2.05) is 17.0 Å². The summed E-state index contributed by atoms with van der Waals surface area (Å²) >= 11 is 0. The summed E-state index contributed by atoms with van der Waals surface area (Å²) in [4.78, 5) is 16.7. The molecule has 0 radical (unpaired) electrons. The minimum Gasteiger partial charge on any atom is -0.493 e. The number of ether oxygens (including phenoxy) is 2. The van der Waals surface area contributed by atoms with E-state index in [1.165, 1.54) is 0 Å². The molecule has 1 aromatic heterocycles. The first-order chi connectivity index (χ1) is 11.7. The summed E-state index contributed by atoms with van der Waals surface area (Å²) in [7, 11) is 3.14. The van der Waals surface area contributed by atoms with Crippen molar-refractivity contribution in [1.29, 1.82) is 0 Å². The number of rotatable bonds is 4. The highest BCUT2D eigenvalue weighted by atomic mass is 16.5. The molecule has 0 aliphatic carbocycles. The maximum atomic E-state index is 12.7. The van der Waals surface area contributed by atoms with Crippen molar-refractivity contribution in [2.75, 3.05) is 45.3 Å². The van der Waals surface area contributed by atoms with Gasteiger partial charge in [-0.05, 0) is 30.3 Å². The molecule has 24 heavy (non-hydrogen) atoms. The number of hydrogen-bond acceptors (Lipinski definition) is 6. The van der Waals surface area contributed by atoms with Gasteiger partial charge in [0.15, 0.2) is 17.3 Å². The summed E-state index contributed by atoms with van der Waals surface area (Å²) in [5, 5.41) is 8.01. The average Bonchev–Trinajstić information content (AvgIpc) is 2.67.